The summed E-state index contributed by atoms with van der Waals surface area (Å²) in [5, 5.41) is 14.1. The Morgan fingerprint density at radius 2 is 2.05 bits per heavy atom. The zero-order valence-electron chi connectivity index (χ0n) is 10.6. The maximum absolute atomic E-state index is 13.6. The van der Waals surface area contributed by atoms with Gasteiger partial charge in [0, 0.05) is 11.9 Å². The molecule has 19 heavy (non-hydrogen) atoms. The van der Waals surface area contributed by atoms with Gasteiger partial charge in [-0.1, -0.05) is 18.9 Å². The summed E-state index contributed by atoms with van der Waals surface area (Å²) in [6.45, 7) is 0.440. The highest BCUT2D eigenvalue weighted by Gasteiger charge is 2.30. The maximum atomic E-state index is 13.6. The molecule has 1 fully saturated rings. The van der Waals surface area contributed by atoms with Crippen LogP contribution in [0.2, 0.25) is 0 Å². The first kappa shape index (κ1) is 12.3. The molecule has 0 radical (unpaired) electrons. The van der Waals surface area contributed by atoms with Gasteiger partial charge < -0.3 is 10.4 Å². The third-order valence-electron chi connectivity index (χ3n) is 3.73. The van der Waals surface area contributed by atoms with Crippen molar-refractivity contribution in [2.24, 2.45) is 0 Å². The number of para-hydroxylation sites is 1. The lowest BCUT2D eigenvalue weighted by atomic mass is 10.0. The fourth-order valence-corrected chi connectivity index (χ4v) is 2.65. The van der Waals surface area contributed by atoms with Gasteiger partial charge in [0.2, 0.25) is 0 Å². The molecule has 0 saturated heterocycles. The second kappa shape index (κ2) is 4.74. The maximum Gasteiger partial charge on any atom is 0.149 e. The average Bonchev–Trinajstić information content (AvgIpc) is 2.84. The van der Waals surface area contributed by atoms with Gasteiger partial charge in [-0.2, -0.15) is 0 Å². The fraction of sp³-hybridized carbons (Fsp3) is 0.429. The van der Waals surface area contributed by atoms with Gasteiger partial charge in [0.25, 0.3) is 0 Å². The lowest BCUT2D eigenvalue weighted by Crippen LogP contribution is -2.33. The minimum atomic E-state index is -0.662. The molecule has 0 aliphatic heterocycles. The molecule has 0 amide bonds. The zero-order valence-corrected chi connectivity index (χ0v) is 10.6. The van der Waals surface area contributed by atoms with Crippen molar-refractivity contribution < 1.29 is 9.50 Å². The third-order valence-corrected chi connectivity index (χ3v) is 3.73. The SMILES string of the molecule is OC1(CNc2ncnc3c(F)cccc23)CCCC1. The number of aliphatic hydroxyl groups is 1. The molecule has 0 atom stereocenters. The van der Waals surface area contributed by atoms with E-state index >= 15 is 0 Å². The third kappa shape index (κ3) is 2.38. The Bertz CT molecular complexity index is 596. The molecule has 5 heteroatoms. The van der Waals surface area contributed by atoms with E-state index in [1.807, 2.05) is 0 Å². The molecule has 1 saturated carbocycles. The average molecular weight is 261 g/mol. The number of aromatic nitrogens is 2. The van der Waals surface area contributed by atoms with Crippen molar-refractivity contribution >= 4 is 16.7 Å². The Morgan fingerprint density at radius 1 is 1.26 bits per heavy atom. The predicted molar refractivity (Wildman–Crippen MR) is 71.4 cm³/mol. The molecule has 0 bridgehead atoms. The van der Waals surface area contributed by atoms with E-state index in [1.165, 1.54) is 12.4 Å². The van der Waals surface area contributed by atoms with E-state index in [0.717, 1.165) is 25.7 Å². The molecule has 1 aromatic heterocycles. The second-order valence-corrected chi connectivity index (χ2v) is 5.14. The monoisotopic (exact) mass is 261 g/mol. The minimum Gasteiger partial charge on any atom is -0.388 e. The highest BCUT2D eigenvalue weighted by molar-refractivity contribution is 5.89. The number of rotatable bonds is 3. The van der Waals surface area contributed by atoms with Crippen LogP contribution in [0.4, 0.5) is 10.2 Å². The number of benzene rings is 1. The van der Waals surface area contributed by atoms with Crippen LogP contribution in [0.15, 0.2) is 24.5 Å². The zero-order chi connectivity index (χ0) is 13.3. The van der Waals surface area contributed by atoms with E-state index in [-0.39, 0.29) is 5.82 Å². The van der Waals surface area contributed by atoms with Crippen LogP contribution >= 0.6 is 0 Å². The van der Waals surface area contributed by atoms with E-state index in [1.54, 1.807) is 12.1 Å². The largest absolute Gasteiger partial charge is 0.388 e. The molecule has 100 valence electrons. The molecule has 1 aliphatic rings. The Morgan fingerprint density at radius 3 is 2.84 bits per heavy atom. The highest BCUT2D eigenvalue weighted by Crippen LogP contribution is 2.30. The first-order valence-electron chi connectivity index (χ1n) is 6.53. The Balaban J connectivity index is 1.87. The van der Waals surface area contributed by atoms with Gasteiger partial charge in [0.05, 0.1) is 5.60 Å². The molecular weight excluding hydrogens is 245 g/mol. The number of fused-ring (bicyclic) bond motifs is 1. The van der Waals surface area contributed by atoms with Crippen molar-refractivity contribution in [2.75, 3.05) is 11.9 Å². The number of halogens is 1. The lowest BCUT2D eigenvalue weighted by molar-refractivity contribution is 0.0614. The Labute approximate surface area is 110 Å². The summed E-state index contributed by atoms with van der Waals surface area (Å²) < 4.78 is 13.6. The van der Waals surface area contributed by atoms with Crippen molar-refractivity contribution in [2.45, 2.75) is 31.3 Å². The lowest BCUT2D eigenvalue weighted by Gasteiger charge is -2.23. The standard InChI is InChI=1S/C14H16FN3O/c15-11-5-3-4-10-12(11)17-9-18-13(10)16-8-14(19)6-1-2-7-14/h3-5,9,19H,1-2,6-8H2,(H,16,17,18). The van der Waals surface area contributed by atoms with Gasteiger partial charge >= 0.3 is 0 Å². The smallest absolute Gasteiger partial charge is 0.149 e. The van der Waals surface area contributed by atoms with E-state index in [2.05, 4.69) is 15.3 Å². The molecule has 0 spiro atoms. The van der Waals surface area contributed by atoms with Gasteiger partial charge in [0.15, 0.2) is 0 Å². The summed E-state index contributed by atoms with van der Waals surface area (Å²) in [5.41, 5.74) is -0.358. The van der Waals surface area contributed by atoms with Gasteiger partial charge in [-0.25, -0.2) is 14.4 Å². The number of nitrogens with one attached hydrogen (secondary N) is 1. The van der Waals surface area contributed by atoms with Crippen LogP contribution in [-0.2, 0) is 0 Å². The van der Waals surface area contributed by atoms with Crippen LogP contribution in [0.25, 0.3) is 10.9 Å². The number of hydrogen-bond acceptors (Lipinski definition) is 4. The molecule has 4 nitrogen and oxygen atoms in total. The van der Waals surface area contributed by atoms with Crippen molar-refractivity contribution in [3.63, 3.8) is 0 Å². The molecule has 1 heterocycles. The Hall–Kier alpha value is -1.75. The second-order valence-electron chi connectivity index (χ2n) is 5.14. The minimum absolute atomic E-state index is 0.304. The normalized spacial score (nSPS) is 17.8. The topological polar surface area (TPSA) is 58.0 Å². The molecular formula is C14H16FN3O. The van der Waals surface area contributed by atoms with E-state index < -0.39 is 5.60 Å². The number of anilines is 1. The van der Waals surface area contributed by atoms with Crippen LogP contribution in [0.1, 0.15) is 25.7 Å². The van der Waals surface area contributed by atoms with Gasteiger partial charge in [-0.05, 0) is 25.0 Å². The fourth-order valence-electron chi connectivity index (χ4n) is 2.65. The van der Waals surface area contributed by atoms with Crippen LogP contribution in [-0.4, -0.2) is 27.2 Å². The molecule has 0 unspecified atom stereocenters. The van der Waals surface area contributed by atoms with Gasteiger partial charge in [-0.15, -0.1) is 0 Å². The van der Waals surface area contributed by atoms with Crippen molar-refractivity contribution in [3.8, 4) is 0 Å². The summed E-state index contributed by atoms with van der Waals surface area (Å²) in [5.74, 6) is 0.215. The summed E-state index contributed by atoms with van der Waals surface area (Å²) in [6, 6.07) is 4.79. The quantitative estimate of drug-likeness (QED) is 0.891. The van der Waals surface area contributed by atoms with Crippen molar-refractivity contribution in [1.82, 2.24) is 9.97 Å². The molecule has 3 rings (SSSR count). The first-order valence-corrected chi connectivity index (χ1v) is 6.53. The molecule has 2 N–H and O–H groups in total. The predicted octanol–water partition coefficient (Wildman–Crippen LogP) is 2.49. The molecule has 1 aliphatic carbocycles. The van der Waals surface area contributed by atoms with Crippen LogP contribution in [0.5, 0.6) is 0 Å². The van der Waals surface area contributed by atoms with Crippen LogP contribution < -0.4 is 5.32 Å². The molecule has 2 aromatic rings. The number of nitrogens with zero attached hydrogens (tertiary/aromatic N) is 2. The van der Waals surface area contributed by atoms with Gasteiger partial charge in [-0.3, -0.25) is 0 Å². The van der Waals surface area contributed by atoms with Crippen LogP contribution in [0, 0.1) is 5.82 Å². The highest BCUT2D eigenvalue weighted by atomic mass is 19.1. The summed E-state index contributed by atoms with van der Waals surface area (Å²) in [6.07, 6.45) is 5.05. The van der Waals surface area contributed by atoms with E-state index in [4.69, 9.17) is 0 Å². The summed E-state index contributed by atoms with van der Waals surface area (Å²) in [4.78, 5) is 8.09. The molecule has 1 aromatic carbocycles. The Kier molecular flexibility index (Phi) is 3.06. The van der Waals surface area contributed by atoms with Crippen molar-refractivity contribution in [1.29, 1.82) is 0 Å². The van der Waals surface area contributed by atoms with E-state index in [9.17, 15) is 9.50 Å². The van der Waals surface area contributed by atoms with E-state index in [0.29, 0.717) is 23.3 Å². The van der Waals surface area contributed by atoms with Crippen molar-refractivity contribution in [3.05, 3.63) is 30.3 Å². The number of hydrogen-bond donors (Lipinski definition) is 2. The summed E-state index contributed by atoms with van der Waals surface area (Å²) in [7, 11) is 0. The van der Waals surface area contributed by atoms with Crippen LogP contribution in [0.3, 0.4) is 0 Å². The summed E-state index contributed by atoms with van der Waals surface area (Å²) >= 11 is 0. The first-order chi connectivity index (χ1) is 9.18. The van der Waals surface area contributed by atoms with Gasteiger partial charge in [0.1, 0.15) is 23.5 Å².